The predicted molar refractivity (Wildman–Crippen MR) is 88.2 cm³/mol. The van der Waals surface area contributed by atoms with E-state index < -0.39 is 0 Å². The Morgan fingerprint density at radius 2 is 2.18 bits per heavy atom. The van der Waals surface area contributed by atoms with Gasteiger partial charge in [-0.05, 0) is 25.8 Å². The van der Waals surface area contributed by atoms with Crippen molar-refractivity contribution < 1.29 is 4.79 Å². The van der Waals surface area contributed by atoms with Gasteiger partial charge in [-0.15, -0.1) is 23.7 Å². The molecule has 0 bridgehead atoms. The first-order chi connectivity index (χ1) is 10.2. The van der Waals surface area contributed by atoms with Gasteiger partial charge in [-0.3, -0.25) is 4.79 Å². The number of hydrogen-bond donors (Lipinski definition) is 1. The number of aromatic nitrogens is 3. The van der Waals surface area contributed by atoms with E-state index in [1.54, 1.807) is 18.5 Å². The fourth-order valence-corrected chi connectivity index (χ4v) is 3.55. The second kappa shape index (κ2) is 7.13. The molecular formula is C14H18ClN5OS. The molecule has 22 heavy (non-hydrogen) atoms. The van der Waals surface area contributed by atoms with E-state index in [9.17, 15) is 4.79 Å². The van der Waals surface area contributed by atoms with Gasteiger partial charge in [0.2, 0.25) is 0 Å². The van der Waals surface area contributed by atoms with Gasteiger partial charge in [0.1, 0.15) is 4.88 Å². The van der Waals surface area contributed by atoms with Crippen molar-refractivity contribution in [1.82, 2.24) is 19.9 Å². The number of hydrogen-bond acceptors (Lipinski definition) is 6. The zero-order chi connectivity index (χ0) is 14.8. The van der Waals surface area contributed by atoms with E-state index in [0.717, 1.165) is 25.1 Å². The molecule has 1 aliphatic rings. The van der Waals surface area contributed by atoms with Gasteiger partial charge in [-0.25, -0.2) is 15.0 Å². The van der Waals surface area contributed by atoms with Crippen LogP contribution in [0.5, 0.6) is 0 Å². The molecule has 3 rings (SSSR count). The molecule has 2 aromatic heterocycles. The Balaban J connectivity index is 0.00000176. The summed E-state index contributed by atoms with van der Waals surface area (Å²) in [7, 11) is 0. The van der Waals surface area contributed by atoms with Gasteiger partial charge in [0.05, 0.1) is 5.69 Å². The van der Waals surface area contributed by atoms with Gasteiger partial charge in [0, 0.05) is 31.5 Å². The van der Waals surface area contributed by atoms with Crippen molar-refractivity contribution in [2.45, 2.75) is 25.8 Å². The third-order valence-electron chi connectivity index (χ3n) is 3.66. The lowest BCUT2D eigenvalue weighted by atomic mass is 10.2. The standard InChI is InChI=1S/C14H17N5OS.ClH/c1-9-11(14(20)19-7-2-4-10(19)8-15)21-13(18-9)12-16-5-3-6-17-12;/h3,5-6,10H,2,4,7-8,15H2,1H3;1H. The van der Waals surface area contributed by atoms with Crippen LogP contribution >= 0.6 is 23.7 Å². The van der Waals surface area contributed by atoms with Crippen molar-refractivity contribution in [2.75, 3.05) is 13.1 Å². The number of likely N-dealkylation sites (tertiary alicyclic amines) is 1. The zero-order valence-corrected chi connectivity index (χ0v) is 13.9. The van der Waals surface area contributed by atoms with Crippen LogP contribution in [0.25, 0.3) is 10.8 Å². The van der Waals surface area contributed by atoms with Crippen LogP contribution in [0.15, 0.2) is 18.5 Å². The van der Waals surface area contributed by atoms with Gasteiger partial charge < -0.3 is 10.6 Å². The number of carbonyl (C=O) groups excluding carboxylic acids is 1. The second-order valence-electron chi connectivity index (χ2n) is 5.04. The average Bonchev–Trinajstić information content (AvgIpc) is 3.13. The van der Waals surface area contributed by atoms with Gasteiger partial charge >= 0.3 is 0 Å². The van der Waals surface area contributed by atoms with Gasteiger partial charge in [0.15, 0.2) is 10.8 Å². The Labute approximate surface area is 139 Å². The maximum Gasteiger partial charge on any atom is 0.266 e. The van der Waals surface area contributed by atoms with Crippen molar-refractivity contribution in [3.05, 3.63) is 29.0 Å². The molecule has 1 amide bonds. The summed E-state index contributed by atoms with van der Waals surface area (Å²) in [4.78, 5) is 28.0. The first-order valence-corrected chi connectivity index (χ1v) is 7.78. The van der Waals surface area contributed by atoms with E-state index in [-0.39, 0.29) is 24.4 Å². The number of halogens is 1. The number of carbonyl (C=O) groups is 1. The van der Waals surface area contributed by atoms with Gasteiger partial charge in [-0.1, -0.05) is 0 Å². The first kappa shape index (κ1) is 16.8. The SMILES string of the molecule is Cc1nc(-c2ncccn2)sc1C(=O)N1CCCC1CN.Cl. The molecule has 118 valence electrons. The van der Waals surface area contributed by atoms with E-state index >= 15 is 0 Å². The minimum Gasteiger partial charge on any atom is -0.334 e. The summed E-state index contributed by atoms with van der Waals surface area (Å²) < 4.78 is 0. The number of rotatable bonds is 3. The van der Waals surface area contributed by atoms with Crippen LogP contribution in [-0.4, -0.2) is 44.9 Å². The van der Waals surface area contributed by atoms with Crippen molar-refractivity contribution in [2.24, 2.45) is 5.73 Å². The van der Waals surface area contributed by atoms with E-state index in [4.69, 9.17) is 5.73 Å². The maximum atomic E-state index is 12.7. The molecule has 6 nitrogen and oxygen atoms in total. The molecule has 0 saturated carbocycles. The molecule has 0 aromatic carbocycles. The summed E-state index contributed by atoms with van der Waals surface area (Å²) in [6.07, 6.45) is 5.34. The Bertz CT molecular complexity index is 648. The molecule has 2 N–H and O–H groups in total. The van der Waals surface area contributed by atoms with Gasteiger partial charge in [0.25, 0.3) is 5.91 Å². The van der Waals surface area contributed by atoms with E-state index in [1.807, 2.05) is 11.8 Å². The summed E-state index contributed by atoms with van der Waals surface area (Å²) in [5.74, 6) is 0.585. The fourth-order valence-electron chi connectivity index (χ4n) is 2.58. The Hall–Kier alpha value is -1.57. The highest BCUT2D eigenvalue weighted by Gasteiger charge is 2.30. The molecule has 0 radical (unpaired) electrons. The summed E-state index contributed by atoms with van der Waals surface area (Å²) in [6, 6.07) is 1.90. The largest absolute Gasteiger partial charge is 0.334 e. The minimum absolute atomic E-state index is 0. The monoisotopic (exact) mass is 339 g/mol. The maximum absolute atomic E-state index is 12.7. The molecular weight excluding hydrogens is 322 g/mol. The molecule has 2 aromatic rings. The molecule has 1 unspecified atom stereocenters. The summed E-state index contributed by atoms with van der Waals surface area (Å²) in [6.45, 7) is 3.14. The molecule has 3 heterocycles. The van der Waals surface area contributed by atoms with Crippen LogP contribution in [0.4, 0.5) is 0 Å². The van der Waals surface area contributed by atoms with Crippen LogP contribution < -0.4 is 5.73 Å². The predicted octanol–water partition coefficient (Wildman–Crippen LogP) is 1.89. The Morgan fingerprint density at radius 3 is 2.86 bits per heavy atom. The smallest absolute Gasteiger partial charge is 0.266 e. The third kappa shape index (κ3) is 3.11. The zero-order valence-electron chi connectivity index (χ0n) is 12.2. The first-order valence-electron chi connectivity index (χ1n) is 6.96. The number of aryl methyl sites for hydroxylation is 1. The van der Waals surface area contributed by atoms with Crippen LogP contribution in [0.1, 0.15) is 28.2 Å². The molecule has 0 aliphatic carbocycles. The topological polar surface area (TPSA) is 85.0 Å². The molecule has 1 aliphatic heterocycles. The fraction of sp³-hybridized carbons (Fsp3) is 0.429. The number of thiazole rings is 1. The third-order valence-corrected chi connectivity index (χ3v) is 4.80. The van der Waals surface area contributed by atoms with Crippen LogP contribution in [0.2, 0.25) is 0 Å². The summed E-state index contributed by atoms with van der Waals surface area (Å²) >= 11 is 1.35. The highest BCUT2D eigenvalue weighted by Crippen LogP contribution is 2.28. The van der Waals surface area contributed by atoms with Crippen molar-refractivity contribution in [1.29, 1.82) is 0 Å². The normalized spacial score (nSPS) is 17.4. The van der Waals surface area contributed by atoms with E-state index in [1.165, 1.54) is 11.3 Å². The lowest BCUT2D eigenvalue weighted by Gasteiger charge is -2.22. The molecule has 8 heteroatoms. The number of nitrogens with zero attached hydrogens (tertiary/aromatic N) is 4. The molecule has 1 fully saturated rings. The van der Waals surface area contributed by atoms with E-state index in [2.05, 4.69) is 15.0 Å². The van der Waals surface area contributed by atoms with Crippen LogP contribution in [0.3, 0.4) is 0 Å². The highest BCUT2D eigenvalue weighted by molar-refractivity contribution is 7.17. The Morgan fingerprint density at radius 1 is 1.45 bits per heavy atom. The van der Waals surface area contributed by atoms with E-state index in [0.29, 0.717) is 22.3 Å². The quantitative estimate of drug-likeness (QED) is 0.923. The van der Waals surface area contributed by atoms with Crippen molar-refractivity contribution >= 4 is 29.7 Å². The second-order valence-corrected chi connectivity index (χ2v) is 6.04. The average molecular weight is 340 g/mol. The number of amides is 1. The lowest BCUT2D eigenvalue weighted by molar-refractivity contribution is 0.0745. The molecule has 1 saturated heterocycles. The number of nitrogens with two attached hydrogens (primary N) is 1. The highest BCUT2D eigenvalue weighted by atomic mass is 35.5. The van der Waals surface area contributed by atoms with Crippen LogP contribution in [0, 0.1) is 6.92 Å². The van der Waals surface area contributed by atoms with Crippen molar-refractivity contribution in [3.8, 4) is 10.8 Å². The van der Waals surface area contributed by atoms with Crippen LogP contribution in [-0.2, 0) is 0 Å². The summed E-state index contributed by atoms with van der Waals surface area (Å²) in [5, 5.41) is 0.681. The Kier molecular flexibility index (Phi) is 5.44. The van der Waals surface area contributed by atoms with Gasteiger partial charge in [-0.2, -0.15) is 0 Å². The summed E-state index contributed by atoms with van der Waals surface area (Å²) in [5.41, 5.74) is 6.48. The lowest BCUT2D eigenvalue weighted by Crippen LogP contribution is -2.39. The molecule has 1 atom stereocenters. The molecule has 0 spiro atoms. The minimum atomic E-state index is 0. The van der Waals surface area contributed by atoms with Crippen molar-refractivity contribution in [3.63, 3.8) is 0 Å².